The van der Waals surface area contributed by atoms with Gasteiger partial charge in [0.25, 0.3) is 5.69 Å². The highest BCUT2D eigenvalue weighted by atomic mass is 16.4. The average molecular weight is 380 g/mol. The van der Waals surface area contributed by atoms with Crippen LogP contribution in [0.4, 0.5) is 0 Å². The number of nitrogens with zero attached hydrogens (tertiary/aromatic N) is 1. The first-order valence-electron chi connectivity index (χ1n) is 9.59. The Bertz CT molecular complexity index is 1130. The Morgan fingerprint density at radius 2 is 1.34 bits per heavy atom. The average Bonchev–Trinajstić information content (AvgIpc) is 2.76. The number of aromatic nitrogens is 1. The number of hydrogen-bond acceptors (Lipinski definition) is 1. The summed E-state index contributed by atoms with van der Waals surface area (Å²) in [6.07, 6.45) is 0. The Morgan fingerprint density at radius 3 is 1.93 bits per heavy atom. The molecule has 29 heavy (non-hydrogen) atoms. The van der Waals surface area contributed by atoms with E-state index in [0.29, 0.717) is 6.54 Å². The fourth-order valence-electron chi connectivity index (χ4n) is 3.49. The van der Waals surface area contributed by atoms with E-state index in [2.05, 4.69) is 18.2 Å². The predicted molar refractivity (Wildman–Crippen MR) is 115 cm³/mol. The van der Waals surface area contributed by atoms with Crippen molar-refractivity contribution in [2.24, 2.45) is 0 Å². The van der Waals surface area contributed by atoms with Gasteiger partial charge >= 0.3 is 5.97 Å². The molecule has 0 aliphatic rings. The Hall–Kier alpha value is -3.72. The molecular formula is C26H22NO2+. The van der Waals surface area contributed by atoms with Crippen molar-refractivity contribution in [2.75, 3.05) is 0 Å². The van der Waals surface area contributed by atoms with Gasteiger partial charge in [-0.05, 0) is 30.2 Å². The molecule has 0 saturated heterocycles. The van der Waals surface area contributed by atoms with Crippen molar-refractivity contribution in [1.82, 2.24) is 0 Å². The van der Waals surface area contributed by atoms with E-state index in [9.17, 15) is 9.90 Å². The van der Waals surface area contributed by atoms with Crippen molar-refractivity contribution in [3.05, 3.63) is 114 Å². The molecule has 0 atom stereocenters. The fourth-order valence-corrected chi connectivity index (χ4v) is 3.49. The summed E-state index contributed by atoms with van der Waals surface area (Å²) in [7, 11) is 0. The molecule has 3 aromatic carbocycles. The highest BCUT2D eigenvalue weighted by Crippen LogP contribution is 2.25. The van der Waals surface area contributed by atoms with Gasteiger partial charge in [-0.1, -0.05) is 78.4 Å². The first kappa shape index (κ1) is 18.6. The van der Waals surface area contributed by atoms with Crippen molar-refractivity contribution >= 4 is 5.97 Å². The van der Waals surface area contributed by atoms with Crippen LogP contribution < -0.4 is 4.57 Å². The lowest BCUT2D eigenvalue weighted by Crippen LogP contribution is -2.43. The SMILES string of the molecule is Cc1ccc(C[n+]2c(C(=O)O)cc(-c3ccccc3)cc2-c2ccccc2)cc1. The molecule has 4 aromatic rings. The third kappa shape index (κ3) is 4.09. The summed E-state index contributed by atoms with van der Waals surface area (Å²) in [4.78, 5) is 12.2. The molecule has 1 N–H and O–H groups in total. The van der Waals surface area contributed by atoms with Gasteiger partial charge in [-0.2, -0.15) is 4.57 Å². The summed E-state index contributed by atoms with van der Waals surface area (Å²) in [5.41, 5.74) is 6.26. The van der Waals surface area contributed by atoms with E-state index in [-0.39, 0.29) is 5.69 Å². The van der Waals surface area contributed by atoms with E-state index in [1.165, 1.54) is 5.56 Å². The summed E-state index contributed by atoms with van der Waals surface area (Å²) in [5, 5.41) is 10.0. The number of carboxylic acids is 1. The lowest BCUT2D eigenvalue weighted by molar-refractivity contribution is -0.679. The van der Waals surface area contributed by atoms with E-state index < -0.39 is 5.97 Å². The standard InChI is InChI=1S/C26H21NO2/c1-19-12-14-20(15-13-19)18-27-24(22-10-6-3-7-11-22)16-23(17-25(27)26(28)29)21-8-4-2-5-9-21/h2-17H,18H2,1H3/p+1. The van der Waals surface area contributed by atoms with Crippen LogP contribution in [0.2, 0.25) is 0 Å². The number of hydrogen-bond donors (Lipinski definition) is 1. The second-order valence-electron chi connectivity index (χ2n) is 7.12. The van der Waals surface area contributed by atoms with Crippen LogP contribution in [-0.4, -0.2) is 11.1 Å². The maximum atomic E-state index is 12.2. The van der Waals surface area contributed by atoms with Crippen molar-refractivity contribution in [3.8, 4) is 22.4 Å². The molecule has 0 amide bonds. The molecule has 0 fully saturated rings. The molecule has 142 valence electrons. The van der Waals surface area contributed by atoms with Crippen LogP contribution in [-0.2, 0) is 6.54 Å². The molecule has 4 rings (SSSR count). The monoisotopic (exact) mass is 380 g/mol. The van der Waals surface area contributed by atoms with E-state index in [1.807, 2.05) is 84.3 Å². The maximum absolute atomic E-state index is 12.2. The van der Waals surface area contributed by atoms with E-state index >= 15 is 0 Å². The molecule has 0 radical (unpaired) electrons. The Balaban J connectivity index is 1.94. The first-order chi connectivity index (χ1) is 14.1. The summed E-state index contributed by atoms with van der Waals surface area (Å²) in [5.74, 6) is -0.938. The smallest absolute Gasteiger partial charge is 0.401 e. The van der Waals surface area contributed by atoms with Crippen molar-refractivity contribution in [2.45, 2.75) is 13.5 Å². The second-order valence-corrected chi connectivity index (χ2v) is 7.12. The number of aromatic carboxylic acids is 1. The summed E-state index contributed by atoms with van der Waals surface area (Å²) in [6, 6.07) is 31.9. The molecule has 1 heterocycles. The van der Waals surface area contributed by atoms with Crippen LogP contribution in [0.25, 0.3) is 22.4 Å². The van der Waals surface area contributed by atoms with E-state index in [1.54, 1.807) is 6.07 Å². The second kappa shape index (κ2) is 8.11. The van der Waals surface area contributed by atoms with Gasteiger partial charge in [0.15, 0.2) is 6.54 Å². The van der Waals surface area contributed by atoms with Gasteiger partial charge in [-0.3, -0.25) is 0 Å². The number of aryl methyl sites for hydroxylation is 1. The number of carbonyl (C=O) groups is 1. The Morgan fingerprint density at radius 1 is 0.759 bits per heavy atom. The van der Waals surface area contributed by atoms with Gasteiger partial charge in [0.2, 0.25) is 5.69 Å². The maximum Gasteiger partial charge on any atom is 0.401 e. The zero-order valence-corrected chi connectivity index (χ0v) is 16.2. The zero-order chi connectivity index (χ0) is 20.2. The zero-order valence-electron chi connectivity index (χ0n) is 16.2. The van der Waals surface area contributed by atoms with Crippen LogP contribution in [0, 0.1) is 6.92 Å². The molecule has 0 aliphatic heterocycles. The fraction of sp³-hybridized carbons (Fsp3) is 0.0769. The number of carboxylic acid groups (broad SMARTS) is 1. The van der Waals surface area contributed by atoms with Gasteiger partial charge in [-0.15, -0.1) is 0 Å². The normalized spacial score (nSPS) is 10.7. The van der Waals surface area contributed by atoms with Crippen LogP contribution in [0.1, 0.15) is 21.6 Å². The van der Waals surface area contributed by atoms with Gasteiger partial charge in [0, 0.05) is 23.3 Å². The number of rotatable bonds is 5. The van der Waals surface area contributed by atoms with E-state index in [0.717, 1.165) is 27.9 Å². The number of benzene rings is 3. The third-order valence-electron chi connectivity index (χ3n) is 5.02. The minimum Gasteiger partial charge on any atom is -0.473 e. The van der Waals surface area contributed by atoms with Crippen LogP contribution >= 0.6 is 0 Å². The molecule has 3 nitrogen and oxygen atoms in total. The van der Waals surface area contributed by atoms with Crippen LogP contribution in [0.5, 0.6) is 0 Å². The lowest BCUT2D eigenvalue weighted by atomic mass is 10.0. The van der Waals surface area contributed by atoms with Crippen molar-refractivity contribution in [1.29, 1.82) is 0 Å². The minimum absolute atomic E-state index is 0.269. The largest absolute Gasteiger partial charge is 0.473 e. The molecule has 0 saturated carbocycles. The molecule has 0 bridgehead atoms. The van der Waals surface area contributed by atoms with Crippen LogP contribution in [0.15, 0.2) is 97.1 Å². The van der Waals surface area contributed by atoms with Gasteiger partial charge in [-0.25, -0.2) is 4.79 Å². The van der Waals surface area contributed by atoms with Gasteiger partial charge in [0.05, 0.1) is 0 Å². The molecule has 1 aromatic heterocycles. The van der Waals surface area contributed by atoms with Gasteiger partial charge < -0.3 is 5.11 Å². The lowest BCUT2D eigenvalue weighted by Gasteiger charge is -2.11. The molecule has 3 heteroatoms. The van der Waals surface area contributed by atoms with Crippen LogP contribution in [0.3, 0.4) is 0 Å². The predicted octanol–water partition coefficient (Wildman–Crippen LogP) is 5.36. The molecule has 0 unspecified atom stereocenters. The third-order valence-corrected chi connectivity index (χ3v) is 5.02. The van der Waals surface area contributed by atoms with Gasteiger partial charge in [0.1, 0.15) is 0 Å². The summed E-state index contributed by atoms with van der Waals surface area (Å²) >= 11 is 0. The topological polar surface area (TPSA) is 41.2 Å². The highest BCUT2D eigenvalue weighted by molar-refractivity contribution is 5.86. The Labute approximate surface area is 170 Å². The first-order valence-corrected chi connectivity index (χ1v) is 9.59. The highest BCUT2D eigenvalue weighted by Gasteiger charge is 2.26. The number of pyridine rings is 1. The molecule has 0 spiro atoms. The quantitative estimate of drug-likeness (QED) is 0.473. The molecule has 0 aliphatic carbocycles. The minimum atomic E-state index is -0.938. The van der Waals surface area contributed by atoms with Crippen molar-refractivity contribution < 1.29 is 14.5 Å². The molecular weight excluding hydrogens is 358 g/mol. The van der Waals surface area contributed by atoms with E-state index in [4.69, 9.17) is 0 Å². The summed E-state index contributed by atoms with van der Waals surface area (Å²) in [6.45, 7) is 2.53. The summed E-state index contributed by atoms with van der Waals surface area (Å²) < 4.78 is 1.88. The Kier molecular flexibility index (Phi) is 5.21. The van der Waals surface area contributed by atoms with Crippen molar-refractivity contribution in [3.63, 3.8) is 0 Å².